The van der Waals surface area contributed by atoms with E-state index in [4.69, 9.17) is 9.16 Å². The number of aliphatic hydroxyl groups is 1. The Morgan fingerprint density at radius 1 is 0.884 bits per heavy atom. The molecule has 2 atom stereocenters. The number of carbonyl (C=O) groups excluding carboxylic acids is 1. The van der Waals surface area contributed by atoms with Gasteiger partial charge in [0.05, 0.1) is 15.6 Å². The molecule has 7 heteroatoms. The van der Waals surface area contributed by atoms with Crippen molar-refractivity contribution in [3.8, 4) is 17.2 Å². The Morgan fingerprint density at radius 2 is 1.56 bits per heavy atom. The van der Waals surface area contributed by atoms with Gasteiger partial charge in [-0.25, -0.2) is 0 Å². The number of carbonyl (C=O) groups is 1. The van der Waals surface area contributed by atoms with Crippen molar-refractivity contribution in [3.05, 3.63) is 108 Å². The lowest BCUT2D eigenvalue weighted by atomic mass is 9.79. The van der Waals surface area contributed by atoms with E-state index in [1.807, 2.05) is 54.6 Å². The third kappa shape index (κ3) is 6.89. The maximum absolute atomic E-state index is 13.2. The first-order valence-corrected chi connectivity index (χ1v) is 17.9. The van der Waals surface area contributed by atoms with Gasteiger partial charge in [0.2, 0.25) is 0 Å². The number of Topliss-reactive ketones (excluding diaryl/α,β-unsaturated/α-hetero) is 1. The maximum atomic E-state index is 13.2. The van der Waals surface area contributed by atoms with E-state index in [1.165, 1.54) is 11.8 Å². The number of ether oxygens (including phenoxy) is 1. The van der Waals surface area contributed by atoms with Crippen LogP contribution in [0.3, 0.4) is 0 Å². The predicted molar refractivity (Wildman–Crippen MR) is 179 cm³/mol. The van der Waals surface area contributed by atoms with Gasteiger partial charge in [0.1, 0.15) is 35.4 Å². The highest BCUT2D eigenvalue weighted by Crippen LogP contribution is 2.54. The van der Waals surface area contributed by atoms with E-state index in [9.17, 15) is 15.0 Å². The lowest BCUT2D eigenvalue weighted by Gasteiger charge is -2.43. The number of benzene rings is 3. The molecule has 1 aliphatic rings. The predicted octanol–water partition coefficient (Wildman–Crippen LogP) is 9.73. The molecule has 3 aromatic carbocycles. The van der Waals surface area contributed by atoms with Gasteiger partial charge in [-0.3, -0.25) is 4.79 Å². The maximum Gasteiger partial charge on any atom is 0.258 e. The standard InChI is InChI=1S/C36H44O5SSi/c1-24(2)43(25(3)4,26(5)6)41-32-15-11-14-29(20-32)36(22-30(38)16-18-33(36)27(7)37)42-35-21-31(17-19-34(35)39)40-23-28-12-9-8-10-13-28/h8-22,24-26,33,38-39H,23H2,1-7H3. The average molecular weight is 617 g/mol. The minimum Gasteiger partial charge on any atom is -0.543 e. The molecule has 1 aliphatic carbocycles. The topological polar surface area (TPSA) is 76.0 Å². The van der Waals surface area contributed by atoms with E-state index in [-0.39, 0.29) is 17.3 Å². The second-order valence-corrected chi connectivity index (χ2v) is 19.0. The fourth-order valence-corrected chi connectivity index (χ4v) is 13.2. The van der Waals surface area contributed by atoms with Crippen molar-refractivity contribution in [2.24, 2.45) is 5.92 Å². The molecule has 0 heterocycles. The van der Waals surface area contributed by atoms with Crippen molar-refractivity contribution < 1.29 is 24.2 Å². The normalized spacial score (nSPS) is 18.7. The number of hydrogen-bond donors (Lipinski definition) is 2. The summed E-state index contributed by atoms with van der Waals surface area (Å²) in [6, 6.07) is 22.9. The number of phenols is 1. The van der Waals surface area contributed by atoms with Gasteiger partial charge in [0.25, 0.3) is 8.32 Å². The Labute approximate surface area is 261 Å². The van der Waals surface area contributed by atoms with Gasteiger partial charge in [0, 0.05) is 0 Å². The van der Waals surface area contributed by atoms with Crippen molar-refractivity contribution in [1.82, 2.24) is 0 Å². The van der Waals surface area contributed by atoms with Crippen LogP contribution >= 0.6 is 11.8 Å². The molecule has 0 aliphatic heterocycles. The number of rotatable bonds is 12. The Hall–Kier alpha value is -3.42. The molecule has 0 saturated carbocycles. The van der Waals surface area contributed by atoms with Gasteiger partial charge in [0.15, 0.2) is 0 Å². The fourth-order valence-electron chi connectivity index (χ4n) is 6.50. The summed E-state index contributed by atoms with van der Waals surface area (Å²) in [6.07, 6.45) is 5.04. The van der Waals surface area contributed by atoms with Gasteiger partial charge < -0.3 is 19.4 Å². The second kappa shape index (κ2) is 13.5. The van der Waals surface area contributed by atoms with Gasteiger partial charge in [-0.05, 0) is 77.2 Å². The van der Waals surface area contributed by atoms with Gasteiger partial charge in [-0.1, -0.05) is 90.1 Å². The summed E-state index contributed by atoms with van der Waals surface area (Å²) >= 11 is 1.33. The molecule has 2 unspecified atom stereocenters. The minimum absolute atomic E-state index is 0.0509. The van der Waals surface area contributed by atoms with Crippen molar-refractivity contribution in [1.29, 1.82) is 0 Å². The summed E-state index contributed by atoms with van der Waals surface area (Å²) in [5.41, 5.74) is 3.01. The Bertz CT molecular complexity index is 1460. The van der Waals surface area contributed by atoms with E-state index >= 15 is 0 Å². The molecule has 43 heavy (non-hydrogen) atoms. The first-order valence-electron chi connectivity index (χ1n) is 15.0. The van der Waals surface area contributed by atoms with Crippen LogP contribution in [0, 0.1) is 5.92 Å². The zero-order valence-corrected chi connectivity index (χ0v) is 28.0. The number of aliphatic hydroxyl groups excluding tert-OH is 1. The molecule has 0 saturated heterocycles. The van der Waals surface area contributed by atoms with E-state index in [0.717, 1.165) is 16.9 Å². The molecular weight excluding hydrogens is 573 g/mol. The molecule has 0 bridgehead atoms. The highest BCUT2D eigenvalue weighted by molar-refractivity contribution is 8.00. The van der Waals surface area contributed by atoms with Crippen molar-refractivity contribution in [2.75, 3.05) is 0 Å². The lowest BCUT2D eigenvalue weighted by molar-refractivity contribution is -0.120. The molecule has 2 N–H and O–H groups in total. The van der Waals surface area contributed by atoms with Crippen LogP contribution in [0.1, 0.15) is 59.6 Å². The number of aromatic hydroxyl groups is 1. The third-order valence-electron chi connectivity index (χ3n) is 8.47. The molecule has 0 spiro atoms. The van der Waals surface area contributed by atoms with Crippen LogP contribution in [0.4, 0.5) is 0 Å². The summed E-state index contributed by atoms with van der Waals surface area (Å²) in [5, 5.41) is 21.8. The van der Waals surface area contributed by atoms with Crippen LogP contribution in [0.25, 0.3) is 0 Å². The summed E-state index contributed by atoms with van der Waals surface area (Å²) in [5.74, 6) is 0.831. The summed E-state index contributed by atoms with van der Waals surface area (Å²) < 4.78 is 12.0. The average Bonchev–Trinajstić information content (AvgIpc) is 2.96. The number of thioether (sulfide) groups is 1. The quantitative estimate of drug-likeness (QED) is 0.197. The summed E-state index contributed by atoms with van der Waals surface area (Å²) in [7, 11) is -2.25. The van der Waals surface area contributed by atoms with Crippen LogP contribution in [0.15, 0.2) is 102 Å². The second-order valence-electron chi connectivity index (χ2n) is 12.3. The SMILES string of the molecule is CC(=O)C1C=CC(O)=CC1(Sc1cc(OCc2ccccc2)ccc1O)c1cccc(O[Si](C(C)C)(C(C)C)C(C)C)c1. The first-order chi connectivity index (χ1) is 20.4. The molecule has 0 radical (unpaired) electrons. The van der Waals surface area contributed by atoms with Gasteiger partial charge in [-0.15, -0.1) is 11.8 Å². The minimum atomic E-state index is -2.25. The highest BCUT2D eigenvalue weighted by Gasteiger charge is 2.48. The van der Waals surface area contributed by atoms with Crippen LogP contribution < -0.4 is 9.16 Å². The molecule has 4 rings (SSSR count). The zero-order valence-electron chi connectivity index (χ0n) is 26.2. The number of phenolic OH excluding ortho intramolecular Hbond substituents is 1. The van der Waals surface area contributed by atoms with E-state index in [2.05, 4.69) is 41.5 Å². The van der Waals surface area contributed by atoms with E-state index < -0.39 is 19.0 Å². The van der Waals surface area contributed by atoms with Crippen LogP contribution in [0.2, 0.25) is 16.6 Å². The Balaban J connectivity index is 1.79. The molecule has 0 aromatic heterocycles. The molecule has 0 fully saturated rings. The van der Waals surface area contributed by atoms with Crippen molar-refractivity contribution in [2.45, 2.75) is 81.3 Å². The molecule has 3 aromatic rings. The Morgan fingerprint density at radius 3 is 2.19 bits per heavy atom. The zero-order chi connectivity index (χ0) is 31.4. The van der Waals surface area contributed by atoms with Crippen LogP contribution in [-0.4, -0.2) is 24.3 Å². The Kier molecular flexibility index (Phi) is 10.2. The molecule has 0 amide bonds. The molecule has 5 nitrogen and oxygen atoms in total. The van der Waals surface area contributed by atoms with Gasteiger partial charge >= 0.3 is 0 Å². The fraction of sp³-hybridized carbons (Fsp3) is 0.361. The monoisotopic (exact) mass is 616 g/mol. The van der Waals surface area contributed by atoms with Crippen LogP contribution in [-0.2, 0) is 16.1 Å². The molecule has 228 valence electrons. The van der Waals surface area contributed by atoms with Crippen molar-refractivity contribution >= 4 is 25.9 Å². The van der Waals surface area contributed by atoms with E-state index in [1.54, 1.807) is 43.4 Å². The molecular formula is C36H44O5SSi. The lowest BCUT2D eigenvalue weighted by Crippen LogP contribution is -2.50. The smallest absolute Gasteiger partial charge is 0.258 e. The summed E-state index contributed by atoms with van der Waals surface area (Å²) in [6.45, 7) is 15.5. The highest BCUT2D eigenvalue weighted by atomic mass is 32.2. The number of allylic oxidation sites excluding steroid dienone is 2. The summed E-state index contributed by atoms with van der Waals surface area (Å²) in [4.78, 5) is 13.7. The third-order valence-corrected chi connectivity index (χ3v) is 16.0. The largest absolute Gasteiger partial charge is 0.543 e. The van der Waals surface area contributed by atoms with Crippen LogP contribution in [0.5, 0.6) is 17.2 Å². The van der Waals surface area contributed by atoms with Crippen molar-refractivity contribution in [3.63, 3.8) is 0 Å². The first kappa shape index (κ1) is 32.5. The van der Waals surface area contributed by atoms with Gasteiger partial charge in [-0.2, -0.15) is 0 Å². The number of ketones is 1. The number of hydrogen-bond acceptors (Lipinski definition) is 6. The van der Waals surface area contributed by atoms with E-state index in [0.29, 0.717) is 33.9 Å².